The summed E-state index contributed by atoms with van der Waals surface area (Å²) in [5, 5.41) is 3.00. The zero-order valence-corrected chi connectivity index (χ0v) is 13.6. The Morgan fingerprint density at radius 3 is 2.94 bits per heavy atom. The fourth-order valence-corrected chi connectivity index (χ4v) is 2.94. The van der Waals surface area contributed by atoms with E-state index in [1.807, 2.05) is 28.6 Å². The summed E-state index contributed by atoms with van der Waals surface area (Å²) in [6.45, 7) is 5.86. The van der Waals surface area contributed by atoms with Crippen molar-refractivity contribution >= 4 is 33.6 Å². The van der Waals surface area contributed by atoms with Crippen molar-refractivity contribution < 1.29 is 4.79 Å². The van der Waals surface area contributed by atoms with Crippen molar-refractivity contribution in [2.75, 3.05) is 18.6 Å². The number of halogens is 1. The predicted octanol–water partition coefficient (Wildman–Crippen LogP) is 3.39. The first-order valence-electron chi connectivity index (χ1n) is 6.21. The standard InChI is InChI=1S/C13H21BrN2OS/c1-4-5-16-8-11(14)6-12(16)13(17)15-7-10(2)9-18-3/h6,8,10H,4-5,7,9H2,1-3H3,(H,15,17). The Hall–Kier alpha value is -0.420. The van der Waals surface area contributed by atoms with Crippen LogP contribution in [0.2, 0.25) is 0 Å². The lowest BCUT2D eigenvalue weighted by Crippen LogP contribution is -2.30. The summed E-state index contributed by atoms with van der Waals surface area (Å²) in [5.41, 5.74) is 0.736. The van der Waals surface area contributed by atoms with Gasteiger partial charge in [0.15, 0.2) is 0 Å². The van der Waals surface area contributed by atoms with Crippen molar-refractivity contribution in [3.8, 4) is 0 Å². The Kier molecular flexibility index (Phi) is 6.86. The van der Waals surface area contributed by atoms with Gasteiger partial charge in [-0.1, -0.05) is 13.8 Å². The number of aryl methyl sites for hydroxylation is 1. The first kappa shape index (κ1) is 15.6. The number of thioether (sulfide) groups is 1. The van der Waals surface area contributed by atoms with Crippen LogP contribution in [0.3, 0.4) is 0 Å². The summed E-state index contributed by atoms with van der Waals surface area (Å²) in [6, 6.07) is 1.88. The number of rotatable bonds is 7. The maximum Gasteiger partial charge on any atom is 0.267 e. The Bertz CT molecular complexity index is 392. The highest BCUT2D eigenvalue weighted by Crippen LogP contribution is 2.15. The number of carbonyl (C=O) groups is 1. The van der Waals surface area contributed by atoms with E-state index in [0.29, 0.717) is 5.92 Å². The van der Waals surface area contributed by atoms with Crippen molar-refractivity contribution in [2.45, 2.75) is 26.8 Å². The van der Waals surface area contributed by atoms with Crippen LogP contribution in [0.5, 0.6) is 0 Å². The molecule has 0 bridgehead atoms. The molecule has 0 radical (unpaired) electrons. The number of aromatic nitrogens is 1. The molecule has 1 amide bonds. The molecule has 0 aliphatic heterocycles. The number of nitrogens with zero attached hydrogens (tertiary/aromatic N) is 1. The van der Waals surface area contributed by atoms with E-state index in [2.05, 4.69) is 41.3 Å². The molecule has 1 heterocycles. The van der Waals surface area contributed by atoms with Crippen molar-refractivity contribution in [3.05, 3.63) is 22.4 Å². The lowest BCUT2D eigenvalue weighted by molar-refractivity contribution is 0.0940. The van der Waals surface area contributed by atoms with E-state index < -0.39 is 0 Å². The van der Waals surface area contributed by atoms with Crippen molar-refractivity contribution in [2.24, 2.45) is 5.92 Å². The Morgan fingerprint density at radius 1 is 1.61 bits per heavy atom. The molecular weight excluding hydrogens is 312 g/mol. The lowest BCUT2D eigenvalue weighted by atomic mass is 10.2. The van der Waals surface area contributed by atoms with Crippen molar-refractivity contribution in [1.82, 2.24) is 9.88 Å². The van der Waals surface area contributed by atoms with Crippen LogP contribution < -0.4 is 5.32 Å². The van der Waals surface area contributed by atoms with Crippen LogP contribution in [0.25, 0.3) is 0 Å². The largest absolute Gasteiger partial charge is 0.350 e. The maximum absolute atomic E-state index is 12.1. The zero-order valence-electron chi connectivity index (χ0n) is 11.2. The summed E-state index contributed by atoms with van der Waals surface area (Å²) >= 11 is 5.23. The molecule has 102 valence electrons. The number of hydrogen-bond acceptors (Lipinski definition) is 2. The second kappa shape index (κ2) is 7.89. The van der Waals surface area contributed by atoms with Crippen LogP contribution in [0, 0.1) is 5.92 Å². The van der Waals surface area contributed by atoms with Gasteiger partial charge in [0.25, 0.3) is 5.91 Å². The highest BCUT2D eigenvalue weighted by molar-refractivity contribution is 9.10. The molecule has 0 aliphatic carbocycles. The molecule has 1 unspecified atom stereocenters. The molecule has 1 aromatic heterocycles. The molecule has 1 aromatic rings. The van der Waals surface area contributed by atoms with E-state index in [1.165, 1.54) is 0 Å². The first-order chi connectivity index (χ1) is 8.58. The molecule has 5 heteroatoms. The van der Waals surface area contributed by atoms with Crippen molar-refractivity contribution in [3.63, 3.8) is 0 Å². The lowest BCUT2D eigenvalue weighted by Gasteiger charge is -2.12. The van der Waals surface area contributed by atoms with Gasteiger partial charge >= 0.3 is 0 Å². The van der Waals surface area contributed by atoms with E-state index in [9.17, 15) is 4.79 Å². The summed E-state index contributed by atoms with van der Waals surface area (Å²) in [5.74, 6) is 1.59. The number of amides is 1. The first-order valence-corrected chi connectivity index (χ1v) is 8.40. The van der Waals surface area contributed by atoms with E-state index >= 15 is 0 Å². The number of nitrogens with one attached hydrogen (secondary N) is 1. The monoisotopic (exact) mass is 332 g/mol. The molecule has 0 saturated heterocycles. The van der Waals surface area contributed by atoms with Gasteiger partial charge in [-0.25, -0.2) is 0 Å². The van der Waals surface area contributed by atoms with Gasteiger partial charge in [-0.2, -0.15) is 11.8 Å². The molecule has 1 N–H and O–H groups in total. The maximum atomic E-state index is 12.1. The Balaban J connectivity index is 2.60. The van der Waals surface area contributed by atoms with Gasteiger partial charge in [0.05, 0.1) is 0 Å². The molecule has 1 rings (SSSR count). The van der Waals surface area contributed by atoms with Gasteiger partial charge in [-0.05, 0) is 46.3 Å². The van der Waals surface area contributed by atoms with Crippen LogP contribution in [-0.4, -0.2) is 29.0 Å². The highest BCUT2D eigenvalue weighted by Gasteiger charge is 2.13. The van der Waals surface area contributed by atoms with Crippen LogP contribution in [-0.2, 0) is 6.54 Å². The molecule has 0 aromatic carbocycles. The second-order valence-electron chi connectivity index (χ2n) is 4.51. The van der Waals surface area contributed by atoms with Crippen LogP contribution in [0.4, 0.5) is 0 Å². The smallest absolute Gasteiger partial charge is 0.267 e. The van der Waals surface area contributed by atoms with Gasteiger partial charge in [0, 0.05) is 23.8 Å². The van der Waals surface area contributed by atoms with Gasteiger partial charge in [0.1, 0.15) is 5.69 Å². The minimum Gasteiger partial charge on any atom is -0.350 e. The van der Waals surface area contributed by atoms with E-state index in [4.69, 9.17) is 0 Å². The molecule has 1 atom stereocenters. The van der Waals surface area contributed by atoms with E-state index in [0.717, 1.165) is 35.4 Å². The molecular formula is C13H21BrN2OS. The van der Waals surface area contributed by atoms with Crippen LogP contribution >= 0.6 is 27.7 Å². The quantitative estimate of drug-likeness (QED) is 0.830. The molecule has 0 aliphatic rings. The zero-order chi connectivity index (χ0) is 13.5. The van der Waals surface area contributed by atoms with Crippen molar-refractivity contribution in [1.29, 1.82) is 0 Å². The number of carbonyl (C=O) groups excluding carboxylic acids is 1. The van der Waals surface area contributed by atoms with Gasteiger partial charge in [0.2, 0.25) is 0 Å². The highest BCUT2D eigenvalue weighted by atomic mass is 79.9. The molecule has 3 nitrogen and oxygen atoms in total. The average Bonchev–Trinajstić information content (AvgIpc) is 2.68. The second-order valence-corrected chi connectivity index (χ2v) is 6.33. The van der Waals surface area contributed by atoms with Crippen LogP contribution in [0.1, 0.15) is 30.8 Å². The summed E-state index contributed by atoms with van der Waals surface area (Å²) in [7, 11) is 0. The van der Waals surface area contributed by atoms with E-state index in [-0.39, 0.29) is 5.91 Å². The molecule has 0 spiro atoms. The molecule has 0 saturated carbocycles. The van der Waals surface area contributed by atoms with Gasteiger partial charge in [-0.3, -0.25) is 4.79 Å². The fourth-order valence-electron chi connectivity index (χ4n) is 1.79. The van der Waals surface area contributed by atoms with E-state index in [1.54, 1.807) is 0 Å². The van der Waals surface area contributed by atoms with Gasteiger partial charge < -0.3 is 9.88 Å². The Labute approximate surface area is 122 Å². The third kappa shape index (κ3) is 4.69. The predicted molar refractivity (Wildman–Crippen MR) is 82.3 cm³/mol. The fraction of sp³-hybridized carbons (Fsp3) is 0.615. The molecule has 18 heavy (non-hydrogen) atoms. The summed E-state index contributed by atoms with van der Waals surface area (Å²) in [6.07, 6.45) is 5.07. The van der Waals surface area contributed by atoms with Gasteiger partial charge in [-0.15, -0.1) is 0 Å². The minimum atomic E-state index is 0.0158. The Morgan fingerprint density at radius 2 is 2.33 bits per heavy atom. The average molecular weight is 333 g/mol. The molecule has 0 fully saturated rings. The third-order valence-corrected chi connectivity index (χ3v) is 3.96. The minimum absolute atomic E-state index is 0.0158. The summed E-state index contributed by atoms with van der Waals surface area (Å²) < 4.78 is 2.96. The normalized spacial score (nSPS) is 12.4. The summed E-state index contributed by atoms with van der Waals surface area (Å²) in [4.78, 5) is 12.1. The third-order valence-electron chi connectivity index (χ3n) is 2.62. The topological polar surface area (TPSA) is 34.0 Å². The van der Waals surface area contributed by atoms with Crippen LogP contribution in [0.15, 0.2) is 16.7 Å². The SMILES string of the molecule is CCCn1cc(Br)cc1C(=O)NCC(C)CSC. The number of hydrogen-bond donors (Lipinski definition) is 1.